The van der Waals surface area contributed by atoms with Crippen molar-refractivity contribution >= 4 is 76.9 Å². The van der Waals surface area contributed by atoms with E-state index in [-0.39, 0.29) is 24.3 Å². The van der Waals surface area contributed by atoms with Crippen LogP contribution < -0.4 is 9.47 Å². The fourth-order valence-electron chi connectivity index (χ4n) is 8.76. The van der Waals surface area contributed by atoms with Crippen LogP contribution in [0.4, 0.5) is 0 Å². The molecule has 13 heteroatoms. The molecule has 4 aromatic carbocycles. The minimum absolute atomic E-state index is 0.0195. The van der Waals surface area contributed by atoms with Gasteiger partial charge >= 0.3 is 11.9 Å². The van der Waals surface area contributed by atoms with Crippen LogP contribution in [0.25, 0.3) is 76.0 Å². The first-order chi connectivity index (χ1) is 33.7. The Morgan fingerprint density at radius 1 is 0.757 bits per heavy atom. The molecule has 0 aliphatic heterocycles. The van der Waals surface area contributed by atoms with Gasteiger partial charge in [-0.1, -0.05) is 69.5 Å². The Morgan fingerprint density at radius 2 is 1.41 bits per heavy atom. The molecule has 0 spiro atoms. The van der Waals surface area contributed by atoms with Crippen molar-refractivity contribution in [3.8, 4) is 44.7 Å². The van der Waals surface area contributed by atoms with Crippen molar-refractivity contribution in [1.29, 1.82) is 0 Å². The molecule has 9 rings (SSSR count). The summed E-state index contributed by atoms with van der Waals surface area (Å²) >= 11 is 1.61. The normalized spacial score (nSPS) is 12.1. The molecule has 1 atom stereocenters. The van der Waals surface area contributed by atoms with E-state index in [4.69, 9.17) is 23.9 Å². The lowest BCUT2D eigenvalue weighted by atomic mass is 9.99. The van der Waals surface area contributed by atoms with E-state index in [0.29, 0.717) is 85.8 Å². The Bertz CT molecular complexity index is 3680. The van der Waals surface area contributed by atoms with Crippen molar-refractivity contribution in [2.45, 2.75) is 47.0 Å². The zero-order chi connectivity index (χ0) is 49.4. The highest BCUT2D eigenvalue weighted by Gasteiger charge is 2.24. The van der Waals surface area contributed by atoms with Crippen molar-refractivity contribution < 1.29 is 37.9 Å². The molecular weight excluding hydrogens is 919 g/mol. The minimum Gasteiger partial charge on any atom is -0.493 e. The van der Waals surface area contributed by atoms with Crippen molar-refractivity contribution in [2.24, 2.45) is 0 Å². The molecule has 0 aliphatic carbocycles. The largest absolute Gasteiger partial charge is 0.493 e. The van der Waals surface area contributed by atoms with Gasteiger partial charge in [-0.2, -0.15) is 0 Å². The number of carbonyl (C=O) groups is 2. The first-order valence-corrected chi connectivity index (χ1v) is 25.1. The Morgan fingerprint density at radius 3 is 2.07 bits per heavy atom. The van der Waals surface area contributed by atoms with Crippen LogP contribution in [0.3, 0.4) is 0 Å². The topological polar surface area (TPSA) is 162 Å². The van der Waals surface area contributed by atoms with Gasteiger partial charge in [-0.05, 0) is 120 Å². The second kappa shape index (κ2) is 19.7. The number of pyridine rings is 3. The van der Waals surface area contributed by atoms with Gasteiger partial charge in [-0.15, -0.1) is 11.3 Å². The van der Waals surface area contributed by atoms with Crippen LogP contribution in [0.2, 0.25) is 0 Å². The Labute approximate surface area is 410 Å². The number of furan rings is 1. The van der Waals surface area contributed by atoms with Crippen LogP contribution in [0.5, 0.6) is 11.5 Å². The van der Waals surface area contributed by atoms with Crippen molar-refractivity contribution in [2.75, 3.05) is 19.5 Å². The number of carboxylic acid groups (broad SMARTS) is 2. The molecule has 70 heavy (non-hydrogen) atoms. The molecule has 5 aromatic heterocycles. The number of rotatable bonds is 17. The van der Waals surface area contributed by atoms with Crippen LogP contribution in [0, 0.1) is 13.8 Å². The first-order valence-electron chi connectivity index (χ1n) is 22.7. The Hall–Kier alpha value is -7.74. The molecule has 5 heterocycles. The van der Waals surface area contributed by atoms with Crippen LogP contribution in [0.15, 0.2) is 138 Å². The summed E-state index contributed by atoms with van der Waals surface area (Å²) < 4.78 is 31.8. The van der Waals surface area contributed by atoms with E-state index < -0.39 is 22.7 Å². The maximum atomic E-state index is 12.9. The van der Waals surface area contributed by atoms with E-state index in [1.807, 2.05) is 69.3 Å². The smallest absolute Gasteiger partial charge is 0.336 e. The number of allylic oxidation sites excluding steroid dienone is 1. The molecule has 0 fully saturated rings. The van der Waals surface area contributed by atoms with E-state index >= 15 is 0 Å². The van der Waals surface area contributed by atoms with Gasteiger partial charge in [0.2, 0.25) is 0 Å². The van der Waals surface area contributed by atoms with Crippen LogP contribution in [0.1, 0.15) is 62.4 Å². The number of benzene rings is 4. The maximum absolute atomic E-state index is 12.9. The third kappa shape index (κ3) is 9.13. The van der Waals surface area contributed by atoms with E-state index in [0.717, 1.165) is 59.3 Å². The van der Waals surface area contributed by atoms with Gasteiger partial charge in [0, 0.05) is 62.0 Å². The average Bonchev–Trinajstić information content (AvgIpc) is 3.89. The number of aryl methyl sites for hydroxylation is 4. The zero-order valence-corrected chi connectivity index (χ0v) is 41.0. The lowest BCUT2D eigenvalue weighted by molar-refractivity contribution is 0.0688. The number of hydrogen-bond donors (Lipinski definition) is 2. The van der Waals surface area contributed by atoms with E-state index in [9.17, 15) is 24.0 Å². The number of thiophene rings is 1. The lowest BCUT2D eigenvalue weighted by Gasteiger charge is -2.15. The molecule has 0 saturated heterocycles. The summed E-state index contributed by atoms with van der Waals surface area (Å²) in [5.74, 6) is -0.932. The lowest BCUT2D eigenvalue weighted by Crippen LogP contribution is -2.07. The number of carboxylic acids is 2. The minimum atomic E-state index is -1.22. The molecule has 352 valence electrons. The summed E-state index contributed by atoms with van der Waals surface area (Å²) in [6, 6.07) is 26.7. The Kier molecular flexibility index (Phi) is 13.3. The summed E-state index contributed by atoms with van der Waals surface area (Å²) in [7, 11) is -1.22. The standard InChI is InChI=1S/C57H49N3O8S2/c1-8-36-17-21-48(67-30-31(3)14-15-32(4)70(7)65)51-42(56(61)62)26-44(59-52(36)51)54-33(5)41-25-38(18-19-46(41)68-54)39-24-35(28-58-29-39)22-23-66-47-20-16-37(9-2)53-50(47)43(57(63)64)27-45(60-53)55-34(6)40-12-10-11-13-49(40)69-55/h10-21,24-29H,3-4,8-9,22-23,30H2,1-2,5-7H3,(H,61,62)(H,63,64)/b15-14-. The number of aromatic carboxylic acids is 2. The molecule has 1 unspecified atom stereocenters. The second-order valence-corrected chi connectivity index (χ2v) is 19.5. The number of hydrogen-bond acceptors (Lipinski definition) is 10. The van der Waals surface area contributed by atoms with Gasteiger partial charge in [-0.25, -0.2) is 19.6 Å². The van der Waals surface area contributed by atoms with Gasteiger partial charge in [0.15, 0.2) is 5.76 Å². The predicted molar refractivity (Wildman–Crippen MR) is 281 cm³/mol. The fraction of sp³-hybridized carbons (Fsp3) is 0.175. The number of nitrogens with zero attached hydrogens (tertiary/aromatic N) is 3. The van der Waals surface area contributed by atoms with E-state index in [1.54, 1.807) is 54.3 Å². The fourth-order valence-corrected chi connectivity index (χ4v) is 10.2. The molecule has 11 nitrogen and oxygen atoms in total. The third-order valence-electron chi connectivity index (χ3n) is 12.5. The highest BCUT2D eigenvalue weighted by molar-refractivity contribution is 7.88. The molecule has 0 saturated carbocycles. The molecule has 2 N–H and O–H groups in total. The number of ether oxygens (including phenoxy) is 2. The van der Waals surface area contributed by atoms with Crippen LogP contribution >= 0.6 is 11.3 Å². The van der Waals surface area contributed by atoms with E-state index in [2.05, 4.69) is 43.3 Å². The summed E-state index contributed by atoms with van der Waals surface area (Å²) in [4.78, 5) is 41.9. The molecule has 9 aromatic rings. The monoisotopic (exact) mass is 967 g/mol. The van der Waals surface area contributed by atoms with Crippen molar-refractivity contribution in [1.82, 2.24) is 15.0 Å². The highest BCUT2D eigenvalue weighted by Crippen LogP contribution is 2.42. The summed E-state index contributed by atoms with van der Waals surface area (Å²) in [6.45, 7) is 16.1. The first kappa shape index (κ1) is 47.3. The van der Waals surface area contributed by atoms with Gasteiger partial charge in [0.1, 0.15) is 29.4 Å². The molecule has 0 bridgehead atoms. The van der Waals surface area contributed by atoms with Crippen LogP contribution in [-0.2, 0) is 30.1 Å². The van der Waals surface area contributed by atoms with E-state index in [1.165, 1.54) is 6.07 Å². The number of aromatic nitrogens is 3. The van der Waals surface area contributed by atoms with Crippen molar-refractivity contribution in [3.63, 3.8) is 0 Å². The zero-order valence-electron chi connectivity index (χ0n) is 39.3. The van der Waals surface area contributed by atoms with Gasteiger partial charge in [-0.3, -0.25) is 9.19 Å². The summed E-state index contributed by atoms with van der Waals surface area (Å²) in [5, 5.41) is 24.0. The SMILES string of the molecule is C=C(/C=C\C(=C)S(C)=O)COc1ccc(CC)c2nc(-c3oc4ccc(-c5cncc(CCOc6ccc(CC)c7nc(-c8sc9ccccc9c8C)cc(C(=O)O)c67)c5)cc4c3C)cc(C(=O)O)c12. The maximum Gasteiger partial charge on any atom is 0.336 e. The highest BCUT2D eigenvalue weighted by atomic mass is 32.2. The number of fused-ring (bicyclic) bond motifs is 4. The van der Waals surface area contributed by atoms with Crippen LogP contribution in [-0.4, -0.2) is 60.8 Å². The molecular formula is C57H49N3O8S2. The molecule has 0 amide bonds. The summed E-state index contributed by atoms with van der Waals surface area (Å²) in [5.41, 5.74) is 9.84. The van der Waals surface area contributed by atoms with Gasteiger partial charge < -0.3 is 24.1 Å². The molecule has 0 radical (unpaired) electrons. The molecule has 0 aliphatic rings. The summed E-state index contributed by atoms with van der Waals surface area (Å²) in [6.07, 6.45) is 10.2. The van der Waals surface area contributed by atoms with Crippen molar-refractivity contribution in [3.05, 3.63) is 172 Å². The predicted octanol–water partition coefficient (Wildman–Crippen LogP) is 13.3. The average molecular weight is 968 g/mol. The van der Waals surface area contributed by atoms with Gasteiger partial charge in [0.05, 0.1) is 50.1 Å². The third-order valence-corrected chi connectivity index (χ3v) is 14.7. The Balaban J connectivity index is 0.977. The quantitative estimate of drug-likeness (QED) is 0.0835. The van der Waals surface area contributed by atoms with Gasteiger partial charge in [0.25, 0.3) is 0 Å². The second-order valence-electron chi connectivity index (χ2n) is 17.0.